The van der Waals surface area contributed by atoms with Crippen molar-refractivity contribution in [1.82, 2.24) is 24.4 Å². The van der Waals surface area contributed by atoms with Crippen LogP contribution in [0.15, 0.2) is 94.6 Å². The minimum Gasteiger partial charge on any atom is -0.493 e. The van der Waals surface area contributed by atoms with Crippen molar-refractivity contribution >= 4 is 22.4 Å². The number of aryl methyl sites for hydroxylation is 1. The van der Waals surface area contributed by atoms with E-state index in [4.69, 9.17) is 9.84 Å². The molecule has 6 aromatic rings. The van der Waals surface area contributed by atoms with Crippen LogP contribution in [0, 0.1) is 6.92 Å². The van der Waals surface area contributed by atoms with E-state index in [0.717, 1.165) is 52.3 Å². The van der Waals surface area contributed by atoms with Gasteiger partial charge >= 0.3 is 5.56 Å². The molecule has 8 nitrogen and oxygen atoms in total. The molecule has 41 heavy (non-hydrogen) atoms. The molecule has 0 fully saturated rings. The van der Waals surface area contributed by atoms with Gasteiger partial charge in [-0.05, 0) is 55.3 Å². The number of unbranched alkanes of at least 4 members (excludes halogenated alkanes) is 1. The van der Waals surface area contributed by atoms with Crippen molar-refractivity contribution in [2.75, 3.05) is 6.61 Å². The number of fused-ring (bicyclic) bond motifs is 1. The molecule has 0 saturated carbocycles. The van der Waals surface area contributed by atoms with Crippen LogP contribution in [-0.2, 0) is 0 Å². The van der Waals surface area contributed by atoms with E-state index >= 15 is 0 Å². The fourth-order valence-electron chi connectivity index (χ4n) is 4.54. The Hall–Kier alpha value is -4.89. The molecule has 0 unspecified atom stereocenters. The third kappa shape index (κ3) is 5.31. The molecule has 0 atom stereocenters. The van der Waals surface area contributed by atoms with Crippen molar-refractivity contribution in [3.8, 4) is 34.0 Å². The maximum absolute atomic E-state index is 13.5. The Morgan fingerprint density at radius 2 is 1.66 bits per heavy atom. The molecule has 204 valence electrons. The number of thiazole rings is 1. The predicted molar refractivity (Wildman–Crippen MR) is 162 cm³/mol. The molecule has 0 aliphatic heterocycles. The quantitative estimate of drug-likeness (QED) is 0.241. The number of ether oxygens (including phenoxy) is 1. The second-order valence-corrected chi connectivity index (χ2v) is 10.6. The lowest BCUT2D eigenvalue weighted by molar-refractivity contribution is 0.307. The first kappa shape index (κ1) is 26.3. The van der Waals surface area contributed by atoms with Gasteiger partial charge in [0.1, 0.15) is 11.4 Å². The predicted octanol–water partition coefficient (Wildman–Crippen LogP) is 5.07. The first-order valence-corrected chi connectivity index (χ1v) is 14.2. The van der Waals surface area contributed by atoms with Gasteiger partial charge in [0, 0.05) is 22.9 Å². The Morgan fingerprint density at radius 1 is 0.902 bits per heavy atom. The highest BCUT2D eigenvalue weighted by molar-refractivity contribution is 7.15. The van der Waals surface area contributed by atoms with E-state index < -0.39 is 5.56 Å². The lowest BCUT2D eigenvalue weighted by Gasteiger charge is -2.10. The summed E-state index contributed by atoms with van der Waals surface area (Å²) in [4.78, 5) is 30.6. The van der Waals surface area contributed by atoms with E-state index in [2.05, 4.69) is 17.0 Å². The van der Waals surface area contributed by atoms with Crippen molar-refractivity contribution in [1.29, 1.82) is 0 Å². The first-order chi connectivity index (χ1) is 20.0. The number of aromatic nitrogens is 5. The normalized spacial score (nSPS) is 11.8. The molecule has 0 N–H and O–H groups in total. The summed E-state index contributed by atoms with van der Waals surface area (Å²) in [5, 5.41) is 9.28. The zero-order valence-electron chi connectivity index (χ0n) is 22.7. The molecule has 0 aliphatic rings. The average Bonchev–Trinajstić information content (AvgIpc) is 3.55. The molecule has 0 bridgehead atoms. The van der Waals surface area contributed by atoms with Gasteiger partial charge in [0.25, 0.3) is 5.56 Å². The average molecular weight is 562 g/mol. The number of nitrogens with zero attached hydrogens (tertiary/aromatic N) is 5. The minimum atomic E-state index is -0.474. The van der Waals surface area contributed by atoms with Gasteiger partial charge in [-0.2, -0.15) is 19.7 Å². The van der Waals surface area contributed by atoms with Gasteiger partial charge in [-0.25, -0.2) is 4.68 Å². The summed E-state index contributed by atoms with van der Waals surface area (Å²) >= 11 is 1.13. The molecule has 3 aromatic carbocycles. The Morgan fingerprint density at radius 3 is 2.39 bits per heavy atom. The summed E-state index contributed by atoms with van der Waals surface area (Å²) in [6.45, 7) is 4.83. The van der Waals surface area contributed by atoms with Crippen LogP contribution >= 0.6 is 11.3 Å². The highest BCUT2D eigenvalue weighted by Gasteiger charge is 2.16. The molecule has 9 heteroatoms. The van der Waals surface area contributed by atoms with Crippen molar-refractivity contribution in [2.24, 2.45) is 0 Å². The molecular weight excluding hydrogens is 534 g/mol. The molecular formula is C32H27N5O3S. The van der Waals surface area contributed by atoms with Crippen LogP contribution in [0.2, 0.25) is 0 Å². The minimum absolute atomic E-state index is 0.138. The first-order valence-electron chi connectivity index (χ1n) is 13.4. The van der Waals surface area contributed by atoms with E-state index in [1.807, 2.05) is 79.9 Å². The van der Waals surface area contributed by atoms with Crippen LogP contribution in [0.5, 0.6) is 5.75 Å². The Kier molecular flexibility index (Phi) is 7.26. The zero-order chi connectivity index (χ0) is 28.3. The molecule has 6 rings (SSSR count). The summed E-state index contributed by atoms with van der Waals surface area (Å²) in [5.74, 6) is 0.845. The van der Waals surface area contributed by atoms with E-state index in [1.165, 1.54) is 4.52 Å². The van der Waals surface area contributed by atoms with Crippen LogP contribution in [0.25, 0.3) is 39.2 Å². The Balaban J connectivity index is 1.48. The van der Waals surface area contributed by atoms with Crippen molar-refractivity contribution in [2.45, 2.75) is 26.7 Å². The fraction of sp³-hybridized carbons (Fsp3) is 0.156. The van der Waals surface area contributed by atoms with Gasteiger partial charge in [-0.3, -0.25) is 9.59 Å². The molecule has 0 amide bonds. The molecule has 0 spiro atoms. The second kappa shape index (κ2) is 11.3. The van der Waals surface area contributed by atoms with Gasteiger partial charge in [-0.15, -0.1) is 0 Å². The smallest absolute Gasteiger partial charge is 0.300 e. The van der Waals surface area contributed by atoms with Gasteiger partial charge < -0.3 is 4.74 Å². The Bertz CT molecular complexity index is 2010. The highest BCUT2D eigenvalue weighted by Crippen LogP contribution is 2.29. The van der Waals surface area contributed by atoms with E-state index in [0.29, 0.717) is 22.4 Å². The second-order valence-electron chi connectivity index (χ2n) is 9.64. The SMILES string of the molecule is CCCCOc1ccc(-c2nn(-c3ccccc3)cc2C=c2sc3nc(=O)c(-c4ccccc4)nn3c2=O)cc1C. The maximum Gasteiger partial charge on any atom is 0.300 e. The molecule has 0 radical (unpaired) electrons. The third-order valence-electron chi connectivity index (χ3n) is 6.69. The van der Waals surface area contributed by atoms with Crippen LogP contribution in [0.1, 0.15) is 30.9 Å². The van der Waals surface area contributed by atoms with Crippen molar-refractivity contribution in [3.63, 3.8) is 0 Å². The van der Waals surface area contributed by atoms with Gasteiger partial charge in [-0.1, -0.05) is 73.2 Å². The lowest BCUT2D eigenvalue weighted by Crippen LogP contribution is -2.26. The standard InChI is InChI=1S/C32H27N5O3S/c1-3-4-17-40-26-16-15-23(18-21(26)2)28-24(20-36(34-28)25-13-9-6-10-14-25)19-27-31(39)37-32(41-27)33-30(38)29(35-37)22-11-7-5-8-12-22/h5-16,18-20H,3-4,17H2,1-2H3. The Labute approximate surface area is 239 Å². The number of benzene rings is 3. The van der Waals surface area contributed by atoms with Gasteiger partial charge in [0.15, 0.2) is 5.69 Å². The van der Waals surface area contributed by atoms with Crippen LogP contribution in [-0.4, -0.2) is 31.0 Å². The monoisotopic (exact) mass is 561 g/mol. The summed E-state index contributed by atoms with van der Waals surface area (Å²) in [6, 6.07) is 24.8. The van der Waals surface area contributed by atoms with Gasteiger partial charge in [0.05, 0.1) is 16.8 Å². The third-order valence-corrected chi connectivity index (χ3v) is 7.65. The van der Waals surface area contributed by atoms with E-state index in [-0.39, 0.29) is 16.2 Å². The highest BCUT2D eigenvalue weighted by atomic mass is 32.1. The van der Waals surface area contributed by atoms with Crippen LogP contribution in [0.3, 0.4) is 0 Å². The summed E-state index contributed by atoms with van der Waals surface area (Å²) < 4.78 is 9.36. The largest absolute Gasteiger partial charge is 0.493 e. The molecule has 3 heterocycles. The zero-order valence-corrected chi connectivity index (χ0v) is 23.5. The van der Waals surface area contributed by atoms with E-state index in [1.54, 1.807) is 22.9 Å². The maximum atomic E-state index is 13.5. The summed E-state index contributed by atoms with van der Waals surface area (Å²) in [7, 11) is 0. The topological polar surface area (TPSA) is 91.4 Å². The fourth-order valence-corrected chi connectivity index (χ4v) is 5.44. The summed E-state index contributed by atoms with van der Waals surface area (Å²) in [6.07, 6.45) is 5.75. The lowest BCUT2D eigenvalue weighted by atomic mass is 10.0. The van der Waals surface area contributed by atoms with Crippen LogP contribution < -0.4 is 20.4 Å². The van der Waals surface area contributed by atoms with Crippen LogP contribution in [0.4, 0.5) is 0 Å². The number of para-hydroxylation sites is 1. The van der Waals surface area contributed by atoms with Crippen molar-refractivity contribution < 1.29 is 4.74 Å². The molecule has 0 aliphatic carbocycles. The number of rotatable bonds is 8. The van der Waals surface area contributed by atoms with E-state index in [9.17, 15) is 9.59 Å². The van der Waals surface area contributed by atoms with Crippen molar-refractivity contribution in [3.05, 3.63) is 121 Å². The molecule has 3 aromatic heterocycles. The van der Waals surface area contributed by atoms with Gasteiger partial charge in [0.2, 0.25) is 4.96 Å². The number of hydrogen-bond acceptors (Lipinski definition) is 7. The summed E-state index contributed by atoms with van der Waals surface area (Å²) in [5.41, 5.74) is 4.20. The number of hydrogen-bond donors (Lipinski definition) is 0. The molecule has 0 saturated heterocycles.